The SMILES string of the molecule is CCC1CCCC(Oc2ccc(C(C)O)cc2Cl)C1. The molecule has 0 saturated heterocycles. The highest BCUT2D eigenvalue weighted by atomic mass is 35.5. The van der Waals surface area contributed by atoms with Gasteiger partial charge in [-0.15, -0.1) is 0 Å². The Labute approximate surface area is 120 Å². The molecule has 1 aliphatic rings. The summed E-state index contributed by atoms with van der Waals surface area (Å²) in [7, 11) is 0. The number of aliphatic hydroxyl groups excluding tert-OH is 1. The third-order valence-electron chi connectivity index (χ3n) is 4.04. The Morgan fingerprint density at radius 1 is 1.42 bits per heavy atom. The molecule has 1 saturated carbocycles. The van der Waals surface area contributed by atoms with E-state index < -0.39 is 6.10 Å². The Morgan fingerprint density at radius 3 is 2.84 bits per heavy atom. The lowest BCUT2D eigenvalue weighted by molar-refractivity contribution is 0.122. The van der Waals surface area contributed by atoms with Gasteiger partial charge in [0, 0.05) is 0 Å². The van der Waals surface area contributed by atoms with Crippen molar-refractivity contribution in [1.29, 1.82) is 0 Å². The van der Waals surface area contributed by atoms with Gasteiger partial charge in [-0.2, -0.15) is 0 Å². The molecular weight excluding hydrogens is 260 g/mol. The molecule has 2 rings (SSSR count). The maximum absolute atomic E-state index is 9.53. The third kappa shape index (κ3) is 3.87. The van der Waals surface area contributed by atoms with Gasteiger partial charge in [0.2, 0.25) is 0 Å². The summed E-state index contributed by atoms with van der Waals surface area (Å²) in [4.78, 5) is 0. The minimum atomic E-state index is -0.495. The number of hydrogen-bond acceptors (Lipinski definition) is 2. The lowest BCUT2D eigenvalue weighted by atomic mass is 9.85. The van der Waals surface area contributed by atoms with Crippen LogP contribution in [-0.4, -0.2) is 11.2 Å². The van der Waals surface area contributed by atoms with Crippen molar-refractivity contribution in [2.75, 3.05) is 0 Å². The van der Waals surface area contributed by atoms with E-state index in [1.165, 1.54) is 19.3 Å². The molecule has 0 amide bonds. The summed E-state index contributed by atoms with van der Waals surface area (Å²) in [5.41, 5.74) is 0.826. The van der Waals surface area contributed by atoms with Crippen molar-refractivity contribution >= 4 is 11.6 Å². The molecule has 1 aliphatic carbocycles. The Balaban J connectivity index is 2.02. The monoisotopic (exact) mass is 282 g/mol. The van der Waals surface area contributed by atoms with Gasteiger partial charge in [0.15, 0.2) is 0 Å². The predicted octanol–water partition coefficient (Wildman–Crippen LogP) is 4.74. The molecule has 0 aromatic heterocycles. The van der Waals surface area contributed by atoms with E-state index in [1.54, 1.807) is 13.0 Å². The minimum absolute atomic E-state index is 0.286. The fourth-order valence-electron chi connectivity index (χ4n) is 2.77. The molecule has 106 valence electrons. The molecule has 0 bridgehead atoms. The molecule has 0 radical (unpaired) electrons. The molecule has 2 nitrogen and oxygen atoms in total. The van der Waals surface area contributed by atoms with Gasteiger partial charge >= 0.3 is 0 Å². The summed E-state index contributed by atoms with van der Waals surface area (Å²) in [5, 5.41) is 10.1. The lowest BCUT2D eigenvalue weighted by Gasteiger charge is -2.29. The Bertz CT molecular complexity index is 417. The van der Waals surface area contributed by atoms with Crippen LogP contribution in [0.25, 0.3) is 0 Å². The van der Waals surface area contributed by atoms with E-state index in [2.05, 4.69) is 6.92 Å². The van der Waals surface area contributed by atoms with Gasteiger partial charge in [-0.05, 0) is 49.8 Å². The van der Waals surface area contributed by atoms with Gasteiger partial charge in [-0.25, -0.2) is 0 Å². The fraction of sp³-hybridized carbons (Fsp3) is 0.625. The molecule has 3 atom stereocenters. The number of hydrogen-bond donors (Lipinski definition) is 1. The molecule has 1 aromatic carbocycles. The second-order valence-electron chi connectivity index (χ2n) is 5.55. The van der Waals surface area contributed by atoms with Crippen LogP contribution in [0.3, 0.4) is 0 Å². The van der Waals surface area contributed by atoms with Gasteiger partial charge in [-0.1, -0.05) is 37.4 Å². The highest BCUT2D eigenvalue weighted by Crippen LogP contribution is 2.33. The standard InChI is InChI=1S/C16H23ClO2/c1-3-12-5-4-6-14(9-12)19-16-8-7-13(11(2)18)10-15(16)17/h7-8,10-12,14,18H,3-6,9H2,1-2H3. The van der Waals surface area contributed by atoms with E-state index in [1.807, 2.05) is 12.1 Å². The van der Waals surface area contributed by atoms with Crippen LogP contribution in [0.5, 0.6) is 5.75 Å². The first-order valence-electron chi connectivity index (χ1n) is 7.24. The molecule has 1 N–H and O–H groups in total. The van der Waals surface area contributed by atoms with Crippen LogP contribution < -0.4 is 4.74 Å². The first kappa shape index (κ1) is 14.7. The average Bonchev–Trinajstić information content (AvgIpc) is 2.41. The normalized spacial score (nSPS) is 25.1. The van der Waals surface area contributed by atoms with Crippen LogP contribution in [0.2, 0.25) is 5.02 Å². The number of aliphatic hydroxyl groups is 1. The zero-order valence-corrected chi connectivity index (χ0v) is 12.5. The van der Waals surface area contributed by atoms with Gasteiger partial charge in [0.25, 0.3) is 0 Å². The highest BCUT2D eigenvalue weighted by Gasteiger charge is 2.22. The molecule has 19 heavy (non-hydrogen) atoms. The third-order valence-corrected chi connectivity index (χ3v) is 4.34. The predicted molar refractivity (Wildman–Crippen MR) is 78.8 cm³/mol. The highest BCUT2D eigenvalue weighted by molar-refractivity contribution is 6.32. The summed E-state index contributed by atoms with van der Waals surface area (Å²) in [6.45, 7) is 3.98. The maximum Gasteiger partial charge on any atom is 0.138 e. The van der Waals surface area contributed by atoms with Crippen molar-refractivity contribution in [2.24, 2.45) is 5.92 Å². The summed E-state index contributed by atoms with van der Waals surface area (Å²) < 4.78 is 6.04. The molecular formula is C16H23ClO2. The molecule has 1 fully saturated rings. The van der Waals surface area contributed by atoms with Crippen LogP contribution >= 0.6 is 11.6 Å². The van der Waals surface area contributed by atoms with E-state index in [0.29, 0.717) is 5.02 Å². The molecule has 0 aliphatic heterocycles. The van der Waals surface area contributed by atoms with Gasteiger partial charge in [-0.3, -0.25) is 0 Å². The van der Waals surface area contributed by atoms with E-state index in [4.69, 9.17) is 16.3 Å². The van der Waals surface area contributed by atoms with Crippen molar-refractivity contribution in [3.63, 3.8) is 0 Å². The smallest absolute Gasteiger partial charge is 0.138 e. The van der Waals surface area contributed by atoms with Crippen molar-refractivity contribution in [3.05, 3.63) is 28.8 Å². The van der Waals surface area contributed by atoms with E-state index in [0.717, 1.165) is 30.1 Å². The molecule has 1 aromatic rings. The zero-order chi connectivity index (χ0) is 13.8. The summed E-state index contributed by atoms with van der Waals surface area (Å²) in [5.74, 6) is 1.53. The average molecular weight is 283 g/mol. The van der Waals surface area contributed by atoms with Crippen LogP contribution in [-0.2, 0) is 0 Å². The van der Waals surface area contributed by atoms with Crippen molar-refractivity contribution in [3.8, 4) is 5.75 Å². The second kappa shape index (κ2) is 6.62. The molecule has 3 unspecified atom stereocenters. The van der Waals surface area contributed by atoms with Gasteiger partial charge in [0.1, 0.15) is 5.75 Å². The van der Waals surface area contributed by atoms with Crippen molar-refractivity contribution in [1.82, 2.24) is 0 Å². The van der Waals surface area contributed by atoms with Gasteiger partial charge < -0.3 is 9.84 Å². The van der Waals surface area contributed by atoms with E-state index >= 15 is 0 Å². The number of halogens is 1. The minimum Gasteiger partial charge on any atom is -0.489 e. The molecule has 0 spiro atoms. The topological polar surface area (TPSA) is 29.5 Å². The van der Waals surface area contributed by atoms with Crippen molar-refractivity contribution < 1.29 is 9.84 Å². The van der Waals surface area contributed by atoms with E-state index in [9.17, 15) is 5.11 Å². The Kier molecular flexibility index (Phi) is 5.12. The van der Waals surface area contributed by atoms with Crippen molar-refractivity contribution in [2.45, 2.75) is 58.2 Å². The molecule has 3 heteroatoms. The van der Waals surface area contributed by atoms with Crippen LogP contribution in [0, 0.1) is 5.92 Å². The number of benzene rings is 1. The van der Waals surface area contributed by atoms with Crippen LogP contribution in [0.15, 0.2) is 18.2 Å². The first-order valence-corrected chi connectivity index (χ1v) is 7.62. The Morgan fingerprint density at radius 2 is 2.21 bits per heavy atom. The zero-order valence-electron chi connectivity index (χ0n) is 11.7. The molecule has 0 heterocycles. The van der Waals surface area contributed by atoms with Crippen LogP contribution in [0.1, 0.15) is 57.6 Å². The largest absolute Gasteiger partial charge is 0.489 e. The first-order chi connectivity index (χ1) is 9.10. The summed E-state index contributed by atoms with van der Waals surface area (Å²) in [6, 6.07) is 5.55. The fourth-order valence-corrected chi connectivity index (χ4v) is 3.01. The number of rotatable bonds is 4. The second-order valence-corrected chi connectivity index (χ2v) is 5.95. The quantitative estimate of drug-likeness (QED) is 0.864. The summed E-state index contributed by atoms with van der Waals surface area (Å²) in [6.07, 6.45) is 5.83. The Hall–Kier alpha value is -0.730. The summed E-state index contributed by atoms with van der Waals surface area (Å²) >= 11 is 6.23. The van der Waals surface area contributed by atoms with Gasteiger partial charge in [0.05, 0.1) is 17.2 Å². The van der Waals surface area contributed by atoms with Crippen LogP contribution in [0.4, 0.5) is 0 Å². The lowest BCUT2D eigenvalue weighted by Crippen LogP contribution is -2.25. The maximum atomic E-state index is 9.53. The van der Waals surface area contributed by atoms with E-state index in [-0.39, 0.29) is 6.10 Å². The number of ether oxygens (including phenoxy) is 1.